The number of esters is 1. The van der Waals surface area contributed by atoms with E-state index in [4.69, 9.17) is 18.9 Å². The van der Waals surface area contributed by atoms with Gasteiger partial charge in [-0.1, -0.05) is 6.07 Å². The third kappa shape index (κ3) is 4.52. The molecule has 1 saturated carbocycles. The first-order valence-electron chi connectivity index (χ1n) is 12.8. The lowest BCUT2D eigenvalue weighted by Crippen LogP contribution is -2.26. The van der Waals surface area contributed by atoms with Gasteiger partial charge in [-0.25, -0.2) is 9.78 Å². The number of carbonyl (C=O) groups is 1. The summed E-state index contributed by atoms with van der Waals surface area (Å²) in [5.41, 5.74) is 4.52. The molecule has 1 aliphatic carbocycles. The first kappa shape index (κ1) is 24.1. The lowest BCUT2D eigenvalue weighted by molar-refractivity contribution is -0.136. The second kappa shape index (κ2) is 9.24. The number of anilines is 1. The lowest BCUT2D eigenvalue weighted by atomic mass is 9.95. The number of rotatable bonds is 6. The van der Waals surface area contributed by atoms with Crippen LogP contribution in [-0.4, -0.2) is 47.2 Å². The van der Waals surface area contributed by atoms with E-state index in [2.05, 4.69) is 14.9 Å². The van der Waals surface area contributed by atoms with Crippen molar-refractivity contribution in [3.63, 3.8) is 0 Å². The summed E-state index contributed by atoms with van der Waals surface area (Å²) in [4.78, 5) is 30.5. The monoisotopic (exact) mass is 505 g/mol. The van der Waals surface area contributed by atoms with Gasteiger partial charge in [-0.2, -0.15) is 0 Å². The van der Waals surface area contributed by atoms with Crippen molar-refractivity contribution >= 4 is 22.7 Å². The Hall–Kier alpha value is -3.27. The van der Waals surface area contributed by atoms with E-state index < -0.39 is 11.8 Å². The zero-order chi connectivity index (χ0) is 25.7. The van der Waals surface area contributed by atoms with E-state index in [0.717, 1.165) is 46.4 Å². The summed E-state index contributed by atoms with van der Waals surface area (Å²) in [5, 5.41) is 3.86. The molecule has 0 bridgehead atoms. The second-order valence-electron chi connectivity index (χ2n) is 10.3. The molecule has 1 atom stereocenters. The predicted octanol–water partition coefficient (Wildman–Crippen LogP) is 4.17. The van der Waals surface area contributed by atoms with Gasteiger partial charge in [0.05, 0.1) is 31.9 Å². The van der Waals surface area contributed by atoms with Gasteiger partial charge < -0.3 is 28.8 Å². The molecule has 3 aliphatic rings. The SMILES string of the molecule is CCOC(=O)c1cn(C2CC2)c2c3c(ccc2c1=O)-c1cnc(NC[C@H]2COC(C)(C)O2)cc1COC3. The molecule has 0 radical (unpaired) electrons. The minimum Gasteiger partial charge on any atom is -0.462 e. The fraction of sp³-hybridized carbons (Fsp3) is 0.464. The smallest absolute Gasteiger partial charge is 0.343 e. The molecule has 0 amide bonds. The minimum atomic E-state index is -0.581. The highest BCUT2D eigenvalue weighted by atomic mass is 16.7. The van der Waals surface area contributed by atoms with Crippen molar-refractivity contribution in [3.8, 4) is 11.1 Å². The van der Waals surface area contributed by atoms with E-state index in [-0.39, 0.29) is 29.7 Å². The van der Waals surface area contributed by atoms with Gasteiger partial charge in [0.15, 0.2) is 5.79 Å². The van der Waals surface area contributed by atoms with Gasteiger partial charge in [0.1, 0.15) is 17.5 Å². The molecule has 2 fully saturated rings. The van der Waals surface area contributed by atoms with Gasteiger partial charge in [0, 0.05) is 41.5 Å². The topological polar surface area (TPSA) is 101 Å². The van der Waals surface area contributed by atoms with Crippen molar-refractivity contribution in [2.45, 2.75) is 64.8 Å². The molecule has 2 aromatic heterocycles. The summed E-state index contributed by atoms with van der Waals surface area (Å²) in [5.74, 6) is -0.400. The van der Waals surface area contributed by atoms with E-state index in [0.29, 0.717) is 31.8 Å². The molecular formula is C28H31N3O6. The fourth-order valence-electron chi connectivity index (χ4n) is 5.22. The largest absolute Gasteiger partial charge is 0.462 e. The van der Waals surface area contributed by atoms with E-state index in [1.54, 1.807) is 13.1 Å². The summed E-state index contributed by atoms with van der Waals surface area (Å²) in [6.07, 6.45) is 5.50. The number of benzene rings is 1. The number of carbonyl (C=O) groups excluding carboxylic acids is 1. The van der Waals surface area contributed by atoms with E-state index in [1.165, 1.54) is 0 Å². The normalized spacial score (nSPS) is 20.2. The molecule has 1 aromatic carbocycles. The van der Waals surface area contributed by atoms with Gasteiger partial charge >= 0.3 is 5.97 Å². The van der Waals surface area contributed by atoms with Crippen LogP contribution in [0.3, 0.4) is 0 Å². The molecule has 6 rings (SSSR count). The fourth-order valence-corrected chi connectivity index (χ4v) is 5.22. The molecule has 194 valence electrons. The molecular weight excluding hydrogens is 474 g/mol. The Bertz CT molecular complexity index is 1440. The summed E-state index contributed by atoms with van der Waals surface area (Å²) < 4.78 is 24.9. The highest BCUT2D eigenvalue weighted by molar-refractivity contribution is 5.96. The Morgan fingerprint density at radius 2 is 2.08 bits per heavy atom. The Morgan fingerprint density at radius 3 is 2.81 bits per heavy atom. The Kier molecular flexibility index (Phi) is 6.01. The number of nitrogens with zero attached hydrogens (tertiary/aromatic N) is 2. The minimum absolute atomic E-state index is 0.0439. The maximum atomic E-state index is 13.3. The van der Waals surface area contributed by atoms with Crippen LogP contribution in [0.5, 0.6) is 0 Å². The van der Waals surface area contributed by atoms with Gasteiger partial charge in [-0.15, -0.1) is 0 Å². The first-order valence-corrected chi connectivity index (χ1v) is 12.8. The number of aromatic nitrogens is 2. The average molecular weight is 506 g/mol. The average Bonchev–Trinajstić information content (AvgIpc) is 3.68. The molecule has 9 heteroatoms. The van der Waals surface area contributed by atoms with Crippen LogP contribution in [0.2, 0.25) is 0 Å². The maximum Gasteiger partial charge on any atom is 0.343 e. The molecule has 0 unspecified atom stereocenters. The van der Waals surface area contributed by atoms with Crippen LogP contribution in [0, 0.1) is 0 Å². The first-order chi connectivity index (χ1) is 17.8. The summed E-state index contributed by atoms with van der Waals surface area (Å²) in [7, 11) is 0. The van der Waals surface area contributed by atoms with E-state index in [9.17, 15) is 9.59 Å². The van der Waals surface area contributed by atoms with Crippen molar-refractivity contribution in [2.75, 3.05) is 25.1 Å². The van der Waals surface area contributed by atoms with Crippen molar-refractivity contribution in [1.29, 1.82) is 0 Å². The Balaban J connectivity index is 1.38. The van der Waals surface area contributed by atoms with E-state index in [1.807, 2.05) is 38.2 Å². The summed E-state index contributed by atoms with van der Waals surface area (Å²) in [6.45, 7) is 7.68. The van der Waals surface area contributed by atoms with Crippen LogP contribution < -0.4 is 10.7 Å². The zero-order valence-electron chi connectivity index (χ0n) is 21.3. The van der Waals surface area contributed by atoms with Crippen LogP contribution in [-0.2, 0) is 32.2 Å². The number of hydrogen-bond acceptors (Lipinski definition) is 8. The van der Waals surface area contributed by atoms with Crippen molar-refractivity contribution in [1.82, 2.24) is 9.55 Å². The highest BCUT2D eigenvalue weighted by Gasteiger charge is 2.33. The third-order valence-electron chi connectivity index (χ3n) is 7.10. The summed E-state index contributed by atoms with van der Waals surface area (Å²) >= 11 is 0. The molecule has 0 spiro atoms. The van der Waals surface area contributed by atoms with Crippen molar-refractivity contribution in [2.24, 2.45) is 0 Å². The lowest BCUT2D eigenvalue weighted by Gasteiger charge is -2.18. The van der Waals surface area contributed by atoms with Crippen LogP contribution in [0.4, 0.5) is 5.82 Å². The van der Waals surface area contributed by atoms with Gasteiger partial charge in [-0.05, 0) is 56.9 Å². The second-order valence-corrected chi connectivity index (χ2v) is 10.3. The third-order valence-corrected chi connectivity index (χ3v) is 7.10. The maximum absolute atomic E-state index is 13.3. The molecule has 4 heterocycles. The van der Waals surface area contributed by atoms with Gasteiger partial charge in [0.2, 0.25) is 5.43 Å². The van der Waals surface area contributed by atoms with Crippen LogP contribution in [0.1, 0.15) is 61.1 Å². The highest BCUT2D eigenvalue weighted by Crippen LogP contribution is 2.41. The van der Waals surface area contributed by atoms with Crippen molar-refractivity contribution < 1.29 is 23.7 Å². The molecule has 1 saturated heterocycles. The van der Waals surface area contributed by atoms with Crippen LogP contribution in [0.25, 0.3) is 22.0 Å². The molecule has 3 aromatic rings. The number of hydrogen-bond donors (Lipinski definition) is 1. The molecule has 2 aliphatic heterocycles. The standard InChI is InChI=1S/C28H31N3O6/c1-4-35-27(33)22-12-31(17-5-6-17)25-20(26(22)32)8-7-19-21-11-30-24(9-16(21)13-34-15-23(19)25)29-10-18-14-36-28(2,3)37-18/h7-9,11-12,17-18H,4-6,10,13-15H2,1-3H3,(H,29,30)/t18-/m0/s1. The van der Waals surface area contributed by atoms with E-state index >= 15 is 0 Å². The molecule has 9 nitrogen and oxygen atoms in total. The number of ether oxygens (including phenoxy) is 4. The molecule has 37 heavy (non-hydrogen) atoms. The van der Waals surface area contributed by atoms with Crippen molar-refractivity contribution in [3.05, 3.63) is 57.5 Å². The summed E-state index contributed by atoms with van der Waals surface area (Å²) in [6, 6.07) is 6.02. The number of nitrogens with one attached hydrogen (secondary N) is 1. The van der Waals surface area contributed by atoms with Gasteiger partial charge in [0.25, 0.3) is 0 Å². The Labute approximate surface area is 214 Å². The number of fused-ring (bicyclic) bond motifs is 5. The zero-order valence-corrected chi connectivity index (χ0v) is 21.3. The van der Waals surface area contributed by atoms with Crippen LogP contribution >= 0.6 is 0 Å². The quantitative estimate of drug-likeness (QED) is 0.498. The predicted molar refractivity (Wildman–Crippen MR) is 138 cm³/mol. The Morgan fingerprint density at radius 1 is 1.24 bits per heavy atom. The molecule has 1 N–H and O–H groups in total. The van der Waals surface area contributed by atoms with Crippen LogP contribution in [0.15, 0.2) is 35.4 Å². The van der Waals surface area contributed by atoms with Gasteiger partial charge in [-0.3, -0.25) is 4.79 Å². The number of pyridine rings is 2.